The molecule has 0 atom stereocenters. The maximum absolute atomic E-state index is 11.9. The van der Waals surface area contributed by atoms with Crippen molar-refractivity contribution in [3.8, 4) is 5.69 Å². The van der Waals surface area contributed by atoms with Crippen molar-refractivity contribution in [3.05, 3.63) is 36.9 Å². The Balaban J connectivity index is 2.11. The van der Waals surface area contributed by atoms with E-state index in [4.69, 9.17) is 0 Å². The van der Waals surface area contributed by atoms with Crippen molar-refractivity contribution in [2.24, 2.45) is 0 Å². The Morgan fingerprint density at radius 1 is 1.47 bits per heavy atom. The number of pyridine rings is 1. The lowest BCUT2D eigenvalue weighted by Gasteiger charge is -2.14. The molecule has 0 saturated carbocycles. The highest BCUT2D eigenvalue weighted by molar-refractivity contribution is 7.98. The summed E-state index contributed by atoms with van der Waals surface area (Å²) in [5.74, 6) is 0.931. The predicted molar refractivity (Wildman–Crippen MR) is 77.8 cm³/mol. The molecule has 6 heteroatoms. The number of anilines is 1. The predicted octanol–water partition coefficient (Wildman–Crippen LogP) is 1.98. The highest BCUT2D eigenvalue weighted by atomic mass is 32.2. The molecule has 5 nitrogen and oxygen atoms in total. The van der Waals surface area contributed by atoms with E-state index in [1.165, 1.54) is 0 Å². The summed E-state index contributed by atoms with van der Waals surface area (Å²) in [7, 11) is 1.77. The molecular weight excluding hydrogens is 260 g/mol. The molecular formula is C13H16N4OS. The first-order valence-corrected chi connectivity index (χ1v) is 7.32. The van der Waals surface area contributed by atoms with Gasteiger partial charge >= 0.3 is 0 Å². The van der Waals surface area contributed by atoms with Gasteiger partial charge in [-0.25, -0.2) is 4.68 Å². The van der Waals surface area contributed by atoms with Crippen molar-refractivity contribution >= 4 is 23.4 Å². The van der Waals surface area contributed by atoms with Gasteiger partial charge in [0.1, 0.15) is 0 Å². The molecule has 2 rings (SSSR count). The third kappa shape index (κ3) is 3.35. The summed E-state index contributed by atoms with van der Waals surface area (Å²) in [5, 5.41) is 4.25. The molecule has 0 radical (unpaired) electrons. The van der Waals surface area contributed by atoms with Gasteiger partial charge in [0.25, 0.3) is 0 Å². The van der Waals surface area contributed by atoms with E-state index in [0.717, 1.165) is 17.1 Å². The molecule has 0 aliphatic heterocycles. The number of carbonyl (C=O) groups excluding carboxylic acids is 1. The Labute approximate surface area is 116 Å². The van der Waals surface area contributed by atoms with Gasteiger partial charge in [-0.05, 0) is 18.4 Å². The van der Waals surface area contributed by atoms with E-state index in [1.807, 2.05) is 24.6 Å². The van der Waals surface area contributed by atoms with E-state index in [2.05, 4.69) is 10.1 Å². The molecule has 0 fully saturated rings. The van der Waals surface area contributed by atoms with Crippen LogP contribution in [0.15, 0.2) is 36.9 Å². The standard InChI is InChI=1S/C13H16N4OS/c1-16(13(18)5-7-19-2)12-9-15-17(10-12)11-4-3-6-14-8-11/h3-4,6,8-10H,5,7H2,1-2H3. The van der Waals surface area contributed by atoms with Crippen LogP contribution < -0.4 is 4.90 Å². The van der Waals surface area contributed by atoms with Crippen molar-refractivity contribution in [1.82, 2.24) is 14.8 Å². The smallest absolute Gasteiger partial charge is 0.227 e. The van der Waals surface area contributed by atoms with Crippen LogP contribution in [0.25, 0.3) is 5.69 Å². The highest BCUT2D eigenvalue weighted by Crippen LogP contribution is 2.15. The number of hydrogen-bond acceptors (Lipinski definition) is 4. The Bertz CT molecular complexity index is 541. The third-order valence-electron chi connectivity index (χ3n) is 2.76. The Morgan fingerprint density at radius 3 is 3.00 bits per heavy atom. The van der Waals surface area contributed by atoms with Gasteiger partial charge < -0.3 is 4.90 Å². The second-order valence-corrected chi connectivity index (χ2v) is 5.04. The zero-order chi connectivity index (χ0) is 13.7. The first-order valence-electron chi connectivity index (χ1n) is 5.93. The number of hydrogen-bond donors (Lipinski definition) is 0. The SMILES string of the molecule is CSCCC(=O)N(C)c1cnn(-c2cccnc2)c1. The Kier molecular flexibility index (Phi) is 4.57. The molecule has 0 bridgehead atoms. The Hall–Kier alpha value is -1.82. The number of aromatic nitrogens is 3. The van der Waals surface area contributed by atoms with Crippen molar-refractivity contribution < 1.29 is 4.79 Å². The molecule has 0 aliphatic carbocycles. The molecule has 0 aromatic carbocycles. The molecule has 0 spiro atoms. The molecule has 0 saturated heterocycles. The zero-order valence-corrected chi connectivity index (χ0v) is 11.8. The van der Waals surface area contributed by atoms with Crippen molar-refractivity contribution in [2.45, 2.75) is 6.42 Å². The van der Waals surface area contributed by atoms with E-state index >= 15 is 0 Å². The lowest BCUT2D eigenvalue weighted by Crippen LogP contribution is -2.26. The minimum atomic E-state index is 0.0973. The maximum atomic E-state index is 11.9. The highest BCUT2D eigenvalue weighted by Gasteiger charge is 2.12. The van der Waals surface area contributed by atoms with Gasteiger partial charge in [0.05, 0.1) is 30.0 Å². The van der Waals surface area contributed by atoms with Crippen LogP contribution in [0, 0.1) is 0 Å². The van der Waals surface area contributed by atoms with Crippen LogP contribution in [0.2, 0.25) is 0 Å². The minimum Gasteiger partial charge on any atom is -0.313 e. The van der Waals surface area contributed by atoms with E-state index in [1.54, 1.807) is 47.0 Å². The van der Waals surface area contributed by atoms with Crippen LogP contribution in [0.5, 0.6) is 0 Å². The topological polar surface area (TPSA) is 51.0 Å². The van der Waals surface area contributed by atoms with Crippen LogP contribution in [0.1, 0.15) is 6.42 Å². The van der Waals surface area contributed by atoms with Gasteiger partial charge in [-0.15, -0.1) is 0 Å². The number of thioether (sulfide) groups is 1. The van der Waals surface area contributed by atoms with E-state index in [-0.39, 0.29) is 5.91 Å². The number of carbonyl (C=O) groups is 1. The molecule has 2 aromatic heterocycles. The van der Waals surface area contributed by atoms with Crippen molar-refractivity contribution in [1.29, 1.82) is 0 Å². The maximum Gasteiger partial charge on any atom is 0.227 e. The third-order valence-corrected chi connectivity index (χ3v) is 3.37. The average Bonchev–Trinajstić information content (AvgIpc) is 2.94. The van der Waals surface area contributed by atoms with Crippen LogP contribution in [0.3, 0.4) is 0 Å². The summed E-state index contributed by atoms with van der Waals surface area (Å²) in [6.07, 6.45) is 9.49. The summed E-state index contributed by atoms with van der Waals surface area (Å²) >= 11 is 1.67. The van der Waals surface area contributed by atoms with Crippen LogP contribution in [-0.2, 0) is 4.79 Å². The molecule has 0 aliphatic rings. The first kappa shape index (κ1) is 13.6. The largest absolute Gasteiger partial charge is 0.313 e. The Morgan fingerprint density at radius 2 is 2.32 bits per heavy atom. The molecule has 2 aromatic rings. The summed E-state index contributed by atoms with van der Waals surface area (Å²) in [5.41, 5.74) is 1.66. The normalized spacial score (nSPS) is 10.4. The molecule has 1 amide bonds. The second kappa shape index (κ2) is 6.38. The fourth-order valence-electron chi connectivity index (χ4n) is 1.62. The van der Waals surface area contributed by atoms with Crippen LogP contribution in [0.4, 0.5) is 5.69 Å². The summed E-state index contributed by atoms with van der Waals surface area (Å²) in [6, 6.07) is 3.77. The zero-order valence-electron chi connectivity index (χ0n) is 11.0. The van der Waals surface area contributed by atoms with Gasteiger partial charge in [0.2, 0.25) is 5.91 Å². The van der Waals surface area contributed by atoms with Gasteiger partial charge in [-0.1, -0.05) is 0 Å². The molecule has 0 unspecified atom stereocenters. The lowest BCUT2D eigenvalue weighted by atomic mass is 10.4. The van der Waals surface area contributed by atoms with Gasteiger partial charge in [0, 0.05) is 25.4 Å². The van der Waals surface area contributed by atoms with Crippen molar-refractivity contribution in [2.75, 3.05) is 24.0 Å². The van der Waals surface area contributed by atoms with Crippen molar-refractivity contribution in [3.63, 3.8) is 0 Å². The average molecular weight is 276 g/mol. The van der Waals surface area contributed by atoms with Crippen LogP contribution in [-0.4, -0.2) is 39.7 Å². The molecule has 2 heterocycles. The second-order valence-electron chi connectivity index (χ2n) is 4.05. The summed E-state index contributed by atoms with van der Waals surface area (Å²) in [4.78, 5) is 17.6. The monoisotopic (exact) mass is 276 g/mol. The number of amides is 1. The van der Waals surface area contributed by atoms with Gasteiger partial charge in [0.15, 0.2) is 0 Å². The quantitative estimate of drug-likeness (QED) is 0.838. The first-order chi connectivity index (χ1) is 9.22. The minimum absolute atomic E-state index is 0.0973. The molecule has 100 valence electrons. The summed E-state index contributed by atoms with van der Waals surface area (Å²) in [6.45, 7) is 0. The van der Waals surface area contributed by atoms with E-state index in [9.17, 15) is 4.79 Å². The fraction of sp³-hybridized carbons (Fsp3) is 0.308. The van der Waals surface area contributed by atoms with E-state index in [0.29, 0.717) is 6.42 Å². The fourth-order valence-corrected chi connectivity index (χ4v) is 2.00. The van der Waals surface area contributed by atoms with Crippen LogP contribution >= 0.6 is 11.8 Å². The molecule has 19 heavy (non-hydrogen) atoms. The van der Waals surface area contributed by atoms with Gasteiger partial charge in [-0.3, -0.25) is 9.78 Å². The molecule has 0 N–H and O–H groups in total. The number of nitrogens with zero attached hydrogens (tertiary/aromatic N) is 4. The number of rotatable bonds is 5. The summed E-state index contributed by atoms with van der Waals surface area (Å²) < 4.78 is 1.71. The lowest BCUT2D eigenvalue weighted by molar-refractivity contribution is -0.117. The van der Waals surface area contributed by atoms with E-state index < -0.39 is 0 Å². The van der Waals surface area contributed by atoms with Gasteiger partial charge in [-0.2, -0.15) is 16.9 Å².